The van der Waals surface area contributed by atoms with Gasteiger partial charge < -0.3 is 9.64 Å². The number of carbonyl (C=O) groups excluding carboxylic acids is 3. The first kappa shape index (κ1) is 19.5. The lowest BCUT2D eigenvalue weighted by molar-refractivity contribution is -0.143. The first-order chi connectivity index (χ1) is 14.5. The SMILES string of the molecule is O=C(Cn1cnc2ccccc2c1=O)OCC(=O)c1ccc(N2CCCC2=O)cc1. The molecule has 1 aliphatic heterocycles. The number of benzene rings is 2. The van der Waals surface area contributed by atoms with Crippen LogP contribution in [0, 0.1) is 0 Å². The highest BCUT2D eigenvalue weighted by Crippen LogP contribution is 2.21. The zero-order chi connectivity index (χ0) is 21.1. The lowest BCUT2D eigenvalue weighted by Gasteiger charge is -2.15. The number of esters is 1. The van der Waals surface area contributed by atoms with Crippen LogP contribution in [0.3, 0.4) is 0 Å². The standard InChI is InChI=1S/C22H19N3O5/c26-19(15-7-9-16(10-8-15)25-11-3-6-20(25)27)13-30-21(28)12-24-14-23-18-5-2-1-4-17(18)22(24)29/h1-2,4-5,7-10,14H,3,6,11-13H2. The van der Waals surface area contributed by atoms with Crippen molar-refractivity contribution in [2.45, 2.75) is 19.4 Å². The molecule has 8 nitrogen and oxygen atoms in total. The zero-order valence-electron chi connectivity index (χ0n) is 16.1. The van der Waals surface area contributed by atoms with Crippen LogP contribution < -0.4 is 10.5 Å². The van der Waals surface area contributed by atoms with E-state index in [0.717, 1.165) is 16.7 Å². The highest BCUT2D eigenvalue weighted by Gasteiger charge is 2.21. The third-order valence-corrected chi connectivity index (χ3v) is 4.97. The molecule has 0 saturated carbocycles. The summed E-state index contributed by atoms with van der Waals surface area (Å²) in [6.07, 6.45) is 2.64. The van der Waals surface area contributed by atoms with Crippen LogP contribution in [-0.2, 0) is 20.9 Å². The molecule has 1 saturated heterocycles. The van der Waals surface area contributed by atoms with Gasteiger partial charge in [-0.3, -0.25) is 23.7 Å². The average Bonchev–Trinajstić information content (AvgIpc) is 3.20. The monoisotopic (exact) mass is 405 g/mol. The first-order valence-electron chi connectivity index (χ1n) is 9.56. The summed E-state index contributed by atoms with van der Waals surface area (Å²) in [6.45, 7) is -0.0940. The number of rotatable bonds is 6. The van der Waals surface area contributed by atoms with E-state index in [0.29, 0.717) is 29.4 Å². The highest BCUT2D eigenvalue weighted by atomic mass is 16.5. The van der Waals surface area contributed by atoms with Crippen molar-refractivity contribution in [2.75, 3.05) is 18.1 Å². The van der Waals surface area contributed by atoms with Gasteiger partial charge in [-0.05, 0) is 42.8 Å². The van der Waals surface area contributed by atoms with Gasteiger partial charge in [0.25, 0.3) is 5.56 Å². The number of hydrogen-bond donors (Lipinski definition) is 0. The van der Waals surface area contributed by atoms with Crippen LogP contribution in [0.25, 0.3) is 10.9 Å². The van der Waals surface area contributed by atoms with Gasteiger partial charge in [-0.25, -0.2) is 4.98 Å². The Balaban J connectivity index is 1.36. The molecule has 0 atom stereocenters. The molecule has 1 aliphatic rings. The molecule has 152 valence electrons. The topological polar surface area (TPSA) is 98.6 Å². The number of aromatic nitrogens is 2. The minimum absolute atomic E-state index is 0.0708. The summed E-state index contributed by atoms with van der Waals surface area (Å²) >= 11 is 0. The predicted molar refractivity (Wildman–Crippen MR) is 109 cm³/mol. The quantitative estimate of drug-likeness (QED) is 0.459. The summed E-state index contributed by atoms with van der Waals surface area (Å²) in [5.74, 6) is -1.00. The molecular formula is C22H19N3O5. The molecule has 30 heavy (non-hydrogen) atoms. The second kappa shape index (κ2) is 8.28. The maximum atomic E-state index is 12.4. The van der Waals surface area contributed by atoms with Gasteiger partial charge in [0.2, 0.25) is 5.91 Å². The summed E-state index contributed by atoms with van der Waals surface area (Å²) in [5.41, 5.74) is 1.31. The van der Waals surface area contributed by atoms with E-state index in [4.69, 9.17) is 4.74 Å². The van der Waals surface area contributed by atoms with Crippen molar-refractivity contribution in [3.05, 3.63) is 70.8 Å². The summed E-state index contributed by atoms with van der Waals surface area (Å²) in [5, 5.41) is 0.403. The number of carbonyl (C=O) groups is 3. The summed E-state index contributed by atoms with van der Waals surface area (Å²) in [4.78, 5) is 54.4. The van der Waals surface area contributed by atoms with Crippen LogP contribution in [0.5, 0.6) is 0 Å². The molecule has 8 heteroatoms. The Labute approximate surface area is 171 Å². The molecule has 1 aromatic heterocycles. The summed E-state index contributed by atoms with van der Waals surface area (Å²) in [7, 11) is 0. The number of Topliss-reactive ketones (excluding diaryl/α,β-unsaturated/α-hetero) is 1. The van der Waals surface area contributed by atoms with Crippen LogP contribution >= 0.6 is 0 Å². The third-order valence-electron chi connectivity index (χ3n) is 4.97. The van der Waals surface area contributed by atoms with Crippen molar-refractivity contribution in [3.8, 4) is 0 Å². The number of hydrogen-bond acceptors (Lipinski definition) is 6. The normalized spacial score (nSPS) is 13.6. The number of ketones is 1. The number of anilines is 1. The van der Waals surface area contributed by atoms with Gasteiger partial charge in [-0.1, -0.05) is 12.1 Å². The zero-order valence-corrected chi connectivity index (χ0v) is 16.1. The summed E-state index contributed by atoms with van der Waals surface area (Å²) in [6, 6.07) is 13.5. The number of fused-ring (bicyclic) bond motifs is 1. The predicted octanol–water partition coefficient (Wildman–Crippen LogP) is 1.95. The van der Waals surface area contributed by atoms with E-state index >= 15 is 0 Å². The maximum absolute atomic E-state index is 12.4. The van der Waals surface area contributed by atoms with Crippen molar-refractivity contribution < 1.29 is 19.1 Å². The van der Waals surface area contributed by atoms with E-state index in [-0.39, 0.29) is 23.8 Å². The minimum atomic E-state index is -0.707. The van der Waals surface area contributed by atoms with Crippen LogP contribution in [0.1, 0.15) is 23.2 Å². The second-order valence-corrected chi connectivity index (χ2v) is 6.97. The van der Waals surface area contributed by atoms with Gasteiger partial charge in [0.15, 0.2) is 12.4 Å². The molecule has 0 aliphatic carbocycles. The van der Waals surface area contributed by atoms with E-state index in [2.05, 4.69) is 4.98 Å². The van der Waals surface area contributed by atoms with E-state index in [1.54, 1.807) is 53.4 Å². The minimum Gasteiger partial charge on any atom is -0.456 e. The Bertz CT molecular complexity index is 1180. The molecule has 1 fully saturated rings. The van der Waals surface area contributed by atoms with Crippen molar-refractivity contribution >= 4 is 34.3 Å². The molecule has 2 heterocycles. The molecule has 3 aromatic rings. The van der Waals surface area contributed by atoms with Gasteiger partial charge in [0, 0.05) is 24.2 Å². The fraction of sp³-hybridized carbons (Fsp3) is 0.227. The Hall–Kier alpha value is -3.81. The Morgan fingerprint density at radius 1 is 1.03 bits per heavy atom. The van der Waals surface area contributed by atoms with Gasteiger partial charge in [0.1, 0.15) is 6.54 Å². The smallest absolute Gasteiger partial charge is 0.326 e. The van der Waals surface area contributed by atoms with E-state index in [9.17, 15) is 19.2 Å². The molecule has 0 unspecified atom stereocenters. The van der Waals surface area contributed by atoms with Crippen molar-refractivity contribution in [1.82, 2.24) is 9.55 Å². The molecule has 0 spiro atoms. The van der Waals surface area contributed by atoms with Crippen LogP contribution in [0.4, 0.5) is 5.69 Å². The number of ether oxygens (including phenoxy) is 1. The van der Waals surface area contributed by atoms with Gasteiger partial charge in [-0.2, -0.15) is 0 Å². The Morgan fingerprint density at radius 3 is 2.53 bits per heavy atom. The second-order valence-electron chi connectivity index (χ2n) is 6.97. The molecular weight excluding hydrogens is 386 g/mol. The largest absolute Gasteiger partial charge is 0.456 e. The van der Waals surface area contributed by atoms with Gasteiger partial charge in [-0.15, -0.1) is 0 Å². The lowest BCUT2D eigenvalue weighted by atomic mass is 10.1. The van der Waals surface area contributed by atoms with Gasteiger partial charge >= 0.3 is 5.97 Å². The van der Waals surface area contributed by atoms with Crippen LogP contribution in [0.15, 0.2) is 59.7 Å². The third kappa shape index (κ3) is 3.98. The molecule has 0 radical (unpaired) electrons. The number of para-hydroxylation sites is 1. The molecule has 0 N–H and O–H groups in total. The fourth-order valence-corrected chi connectivity index (χ4v) is 3.38. The first-order valence-corrected chi connectivity index (χ1v) is 9.56. The molecule has 4 rings (SSSR count). The summed E-state index contributed by atoms with van der Waals surface area (Å²) < 4.78 is 6.19. The van der Waals surface area contributed by atoms with Crippen molar-refractivity contribution in [1.29, 1.82) is 0 Å². The van der Waals surface area contributed by atoms with E-state index in [1.807, 2.05) is 0 Å². The van der Waals surface area contributed by atoms with E-state index < -0.39 is 12.6 Å². The Kier molecular flexibility index (Phi) is 5.38. The Morgan fingerprint density at radius 2 is 1.80 bits per heavy atom. The van der Waals surface area contributed by atoms with Crippen LogP contribution in [0.2, 0.25) is 0 Å². The number of nitrogens with zero attached hydrogens (tertiary/aromatic N) is 3. The van der Waals surface area contributed by atoms with Crippen molar-refractivity contribution in [3.63, 3.8) is 0 Å². The van der Waals surface area contributed by atoms with Gasteiger partial charge in [0.05, 0.1) is 17.2 Å². The molecule has 1 amide bonds. The number of amides is 1. The average molecular weight is 405 g/mol. The maximum Gasteiger partial charge on any atom is 0.326 e. The molecule has 0 bridgehead atoms. The highest BCUT2D eigenvalue weighted by molar-refractivity contribution is 5.99. The lowest BCUT2D eigenvalue weighted by Crippen LogP contribution is -2.26. The van der Waals surface area contributed by atoms with Crippen LogP contribution in [-0.4, -0.2) is 40.4 Å². The van der Waals surface area contributed by atoms with E-state index in [1.165, 1.54) is 6.33 Å². The van der Waals surface area contributed by atoms with Crippen molar-refractivity contribution in [2.24, 2.45) is 0 Å². The fourth-order valence-electron chi connectivity index (χ4n) is 3.38. The molecule has 2 aromatic carbocycles.